The van der Waals surface area contributed by atoms with Crippen molar-refractivity contribution in [3.8, 4) is 0 Å². The summed E-state index contributed by atoms with van der Waals surface area (Å²) in [7, 11) is 5.51. The van der Waals surface area contributed by atoms with Crippen LogP contribution in [-0.4, -0.2) is 50.8 Å². The highest BCUT2D eigenvalue weighted by Crippen LogP contribution is 2.37. The number of methoxy groups -OCH3 is 1. The normalized spacial score (nSPS) is 22.1. The lowest BCUT2D eigenvalue weighted by atomic mass is 9.86. The van der Waals surface area contributed by atoms with E-state index in [-0.39, 0.29) is 5.78 Å². The van der Waals surface area contributed by atoms with Crippen LogP contribution >= 0.6 is 0 Å². The third-order valence-electron chi connectivity index (χ3n) is 3.72. The largest absolute Gasteiger partial charge is 0.401 e. The van der Waals surface area contributed by atoms with Crippen LogP contribution in [0.25, 0.3) is 0 Å². The fourth-order valence-electron chi connectivity index (χ4n) is 2.56. The van der Waals surface area contributed by atoms with E-state index in [1.54, 1.807) is 7.11 Å². The Bertz CT molecular complexity index is 500. The highest BCUT2D eigenvalue weighted by Gasteiger charge is 2.36. The molecule has 5 nitrogen and oxygen atoms in total. The molecule has 0 saturated heterocycles. The number of nitrogens with two attached hydrogens (primary N) is 1. The molecule has 0 spiro atoms. The van der Waals surface area contributed by atoms with E-state index in [1.165, 1.54) is 0 Å². The smallest absolute Gasteiger partial charge is 0.194 e. The van der Waals surface area contributed by atoms with Gasteiger partial charge in [0.2, 0.25) is 0 Å². The number of aliphatic imine (C=N–C) groups is 1. The van der Waals surface area contributed by atoms with Gasteiger partial charge in [0, 0.05) is 44.6 Å². The van der Waals surface area contributed by atoms with Crippen molar-refractivity contribution in [2.45, 2.75) is 25.7 Å². The zero-order chi connectivity index (χ0) is 15.4. The van der Waals surface area contributed by atoms with Crippen LogP contribution in [-0.2, 0) is 9.53 Å². The molecule has 0 aromatic heterocycles. The number of ketones is 1. The minimum absolute atomic E-state index is 0.0514. The monoisotopic (exact) mass is 291 g/mol. The number of hydrogen-bond acceptors (Lipinski definition) is 5. The molecule has 2 aliphatic carbocycles. The van der Waals surface area contributed by atoms with Crippen molar-refractivity contribution in [2.24, 2.45) is 16.6 Å². The first kappa shape index (κ1) is 15.8. The lowest BCUT2D eigenvalue weighted by Gasteiger charge is -2.21. The number of nitrogens with zero attached hydrogens (tertiary/aromatic N) is 2. The highest BCUT2D eigenvalue weighted by molar-refractivity contribution is 6.29. The van der Waals surface area contributed by atoms with Gasteiger partial charge in [-0.2, -0.15) is 0 Å². The lowest BCUT2D eigenvalue weighted by Crippen LogP contribution is -2.27. The second kappa shape index (κ2) is 6.89. The summed E-state index contributed by atoms with van der Waals surface area (Å²) in [4.78, 5) is 19.2. The topological polar surface area (TPSA) is 67.9 Å². The number of allylic oxidation sites excluding steroid dienone is 3. The number of hydrogen-bond donors (Lipinski definition) is 1. The maximum absolute atomic E-state index is 12.7. The molecule has 0 heterocycles. The van der Waals surface area contributed by atoms with Crippen molar-refractivity contribution >= 4 is 11.5 Å². The lowest BCUT2D eigenvalue weighted by molar-refractivity contribution is -0.112. The Labute approximate surface area is 126 Å². The molecule has 21 heavy (non-hydrogen) atoms. The van der Waals surface area contributed by atoms with Gasteiger partial charge >= 0.3 is 0 Å². The zero-order valence-corrected chi connectivity index (χ0v) is 13.2. The summed E-state index contributed by atoms with van der Waals surface area (Å²) in [6, 6.07) is 0. The molecule has 0 aliphatic heterocycles. The third-order valence-corrected chi connectivity index (χ3v) is 3.72. The van der Waals surface area contributed by atoms with Crippen LogP contribution in [0.2, 0.25) is 0 Å². The molecule has 1 fully saturated rings. The van der Waals surface area contributed by atoms with Crippen LogP contribution in [0.1, 0.15) is 25.7 Å². The second-order valence-corrected chi connectivity index (χ2v) is 5.88. The number of rotatable bonds is 6. The van der Waals surface area contributed by atoms with E-state index in [0.717, 1.165) is 30.5 Å². The Morgan fingerprint density at radius 1 is 1.43 bits per heavy atom. The molecule has 0 unspecified atom stereocenters. The van der Waals surface area contributed by atoms with Gasteiger partial charge in [-0.1, -0.05) is 0 Å². The molecule has 5 heteroatoms. The first-order valence-corrected chi connectivity index (χ1v) is 7.48. The third kappa shape index (κ3) is 3.94. The maximum Gasteiger partial charge on any atom is 0.194 e. The summed E-state index contributed by atoms with van der Waals surface area (Å²) in [5, 5.41) is 0. The zero-order valence-electron chi connectivity index (χ0n) is 13.2. The highest BCUT2D eigenvalue weighted by atomic mass is 16.5. The average molecular weight is 291 g/mol. The summed E-state index contributed by atoms with van der Waals surface area (Å²) in [6.07, 6.45) is 5.54. The Morgan fingerprint density at radius 2 is 2.14 bits per heavy atom. The average Bonchev–Trinajstić information content (AvgIpc) is 3.24. The Kier molecular flexibility index (Phi) is 5.17. The van der Waals surface area contributed by atoms with Gasteiger partial charge in [0.15, 0.2) is 5.78 Å². The van der Waals surface area contributed by atoms with Crippen molar-refractivity contribution in [3.05, 3.63) is 23.0 Å². The van der Waals surface area contributed by atoms with Crippen molar-refractivity contribution in [1.82, 2.24) is 4.90 Å². The van der Waals surface area contributed by atoms with E-state index in [2.05, 4.69) is 4.99 Å². The first-order chi connectivity index (χ1) is 10.0. The Morgan fingerprint density at radius 3 is 2.71 bits per heavy atom. The molecule has 0 aromatic carbocycles. The van der Waals surface area contributed by atoms with Crippen molar-refractivity contribution in [3.63, 3.8) is 0 Å². The summed E-state index contributed by atoms with van der Waals surface area (Å²) in [6.45, 7) is 1.15. The maximum atomic E-state index is 12.7. The molecule has 1 saturated carbocycles. The molecule has 0 aromatic rings. The predicted octanol–water partition coefficient (Wildman–Crippen LogP) is 1.50. The molecule has 0 atom stereocenters. The van der Waals surface area contributed by atoms with Crippen LogP contribution in [0.3, 0.4) is 0 Å². The molecular weight excluding hydrogens is 266 g/mol. The minimum atomic E-state index is 0.0514. The fraction of sp³-hybridized carbons (Fsp3) is 0.625. The summed E-state index contributed by atoms with van der Waals surface area (Å²) in [5.41, 5.74) is 9.22. The number of ether oxygens (including phenoxy) is 1. The van der Waals surface area contributed by atoms with Gasteiger partial charge in [-0.15, -0.1) is 0 Å². The predicted molar refractivity (Wildman–Crippen MR) is 84.1 cm³/mol. The van der Waals surface area contributed by atoms with E-state index in [4.69, 9.17) is 10.5 Å². The van der Waals surface area contributed by atoms with Crippen LogP contribution in [0, 0.1) is 5.92 Å². The molecule has 116 valence electrons. The number of Topliss-reactive ketones (excluding diaryl/α,β-unsaturated/α-hetero) is 1. The van der Waals surface area contributed by atoms with Crippen molar-refractivity contribution in [2.75, 3.05) is 34.4 Å². The van der Waals surface area contributed by atoms with Crippen molar-refractivity contribution < 1.29 is 9.53 Å². The molecule has 2 N–H and O–H groups in total. The van der Waals surface area contributed by atoms with E-state index in [0.29, 0.717) is 36.8 Å². The van der Waals surface area contributed by atoms with E-state index in [1.807, 2.05) is 25.2 Å². The summed E-state index contributed by atoms with van der Waals surface area (Å²) < 4.78 is 5.05. The van der Waals surface area contributed by atoms with Gasteiger partial charge in [0.05, 0.1) is 24.4 Å². The van der Waals surface area contributed by atoms with E-state index >= 15 is 0 Å². The SMILES string of the molecule is COCCN=C(C1=C(N)CC/C(=C\N(C)C)C1=O)C1CC1. The van der Waals surface area contributed by atoms with Crippen LogP contribution in [0.15, 0.2) is 28.0 Å². The number of carbonyl (C=O) groups excluding carboxylic acids is 1. The Balaban J connectivity index is 2.29. The molecule has 2 aliphatic rings. The summed E-state index contributed by atoms with van der Waals surface area (Å²) in [5.74, 6) is 0.452. The van der Waals surface area contributed by atoms with Gasteiger partial charge in [0.25, 0.3) is 0 Å². The number of carbonyl (C=O) groups is 1. The molecule has 0 amide bonds. The minimum Gasteiger partial charge on any atom is -0.401 e. The second-order valence-electron chi connectivity index (χ2n) is 5.88. The Hall–Kier alpha value is -1.62. The van der Waals surface area contributed by atoms with E-state index < -0.39 is 0 Å². The standard InChI is InChI=1S/C16H25N3O2/c1-19(2)10-12-6-7-13(17)14(16(12)20)15(11-4-5-11)18-8-9-21-3/h10-11H,4-9,17H2,1-3H3/b12-10+,18-15?. The quantitative estimate of drug-likeness (QED) is 0.457. The fourth-order valence-corrected chi connectivity index (χ4v) is 2.56. The van der Waals surface area contributed by atoms with Crippen LogP contribution in [0.5, 0.6) is 0 Å². The van der Waals surface area contributed by atoms with Gasteiger partial charge in [-0.3, -0.25) is 9.79 Å². The van der Waals surface area contributed by atoms with Gasteiger partial charge in [-0.25, -0.2) is 0 Å². The van der Waals surface area contributed by atoms with Gasteiger partial charge in [0.1, 0.15) is 0 Å². The van der Waals surface area contributed by atoms with Gasteiger partial charge < -0.3 is 15.4 Å². The van der Waals surface area contributed by atoms with Gasteiger partial charge in [-0.05, 0) is 25.7 Å². The molecule has 0 radical (unpaired) electrons. The van der Waals surface area contributed by atoms with Crippen LogP contribution in [0.4, 0.5) is 0 Å². The first-order valence-electron chi connectivity index (χ1n) is 7.48. The van der Waals surface area contributed by atoms with E-state index in [9.17, 15) is 4.79 Å². The molecule has 0 bridgehead atoms. The van der Waals surface area contributed by atoms with Crippen molar-refractivity contribution in [1.29, 1.82) is 0 Å². The molecular formula is C16H25N3O2. The summed E-state index contributed by atoms with van der Waals surface area (Å²) >= 11 is 0. The van der Waals surface area contributed by atoms with Crippen LogP contribution < -0.4 is 5.73 Å². The molecule has 2 rings (SSSR count).